The standard InChI is InChI=1S/C32H38N6O6S/c1-31(2,3)29(30(40)41)38(23-39,44-32(4,5)6)27-12-9-11-25(35-27)22-36(45(42,43)28-13-7-8-18-33-28)21-24-14-16-26(17-15-24)37-20-10-19-34-37/h7-20,29H,21-22H2,1-6H3,(H,40,41)/q+1. The summed E-state index contributed by atoms with van der Waals surface area (Å²) in [5, 5.41) is 14.4. The maximum atomic E-state index is 13.9. The van der Waals surface area contributed by atoms with Gasteiger partial charge in [-0.2, -0.15) is 19.2 Å². The molecule has 0 spiro atoms. The fraction of sp³-hybridized carbons (Fsp3) is 0.344. The molecular formula is C32H38N6O6S+. The molecule has 12 nitrogen and oxygen atoms in total. The molecule has 2 atom stereocenters. The SMILES string of the molecule is CC(C)(C)O[N+]([C]=O)(c1cccc(CN(Cc2ccc(-n3cccn3)cc2)S(=O)(=O)c2ccccn2)n1)C(C(=O)O)C(C)(C)C. The lowest BCUT2D eigenvalue weighted by molar-refractivity contribution is -0.216. The third kappa shape index (κ3) is 7.68. The van der Waals surface area contributed by atoms with Crippen molar-refractivity contribution in [1.82, 2.24) is 28.7 Å². The van der Waals surface area contributed by atoms with E-state index in [4.69, 9.17) is 4.84 Å². The monoisotopic (exact) mass is 634 g/mol. The Morgan fingerprint density at radius 3 is 2.22 bits per heavy atom. The van der Waals surface area contributed by atoms with Crippen molar-refractivity contribution in [1.29, 1.82) is 0 Å². The number of aromatic nitrogens is 4. The van der Waals surface area contributed by atoms with E-state index in [1.807, 2.05) is 30.7 Å². The Kier molecular flexibility index (Phi) is 9.68. The lowest BCUT2D eigenvalue weighted by atomic mass is 9.85. The number of sulfonamides is 1. The number of aliphatic carboxylic acids is 1. The number of carbonyl (C=O) groups is 1. The highest BCUT2D eigenvalue weighted by molar-refractivity contribution is 7.89. The summed E-state index contributed by atoms with van der Waals surface area (Å²) in [6, 6.07) is 16.9. The average molecular weight is 635 g/mol. The summed E-state index contributed by atoms with van der Waals surface area (Å²) >= 11 is 0. The van der Waals surface area contributed by atoms with Crippen LogP contribution in [0.1, 0.15) is 52.8 Å². The number of rotatable bonds is 12. The molecule has 3 aromatic heterocycles. The molecule has 1 amide bonds. The number of hydrogen-bond donors (Lipinski definition) is 1. The van der Waals surface area contributed by atoms with Crippen LogP contribution in [0, 0.1) is 5.41 Å². The van der Waals surface area contributed by atoms with Crippen LogP contribution in [0.4, 0.5) is 5.82 Å². The summed E-state index contributed by atoms with van der Waals surface area (Å²) in [7, 11) is -4.13. The zero-order valence-electron chi connectivity index (χ0n) is 26.2. The number of carbonyl (C=O) groups excluding carboxylic acids is 1. The maximum Gasteiger partial charge on any atom is 0.486 e. The van der Waals surface area contributed by atoms with Crippen molar-refractivity contribution in [3.8, 4) is 5.69 Å². The fourth-order valence-electron chi connectivity index (χ4n) is 5.01. The molecule has 0 fully saturated rings. The number of carboxylic acid groups (broad SMARTS) is 1. The van der Waals surface area contributed by atoms with Gasteiger partial charge in [-0.3, -0.25) is 0 Å². The third-order valence-corrected chi connectivity index (χ3v) is 8.46. The Labute approximate surface area is 263 Å². The van der Waals surface area contributed by atoms with Gasteiger partial charge in [0, 0.05) is 36.6 Å². The van der Waals surface area contributed by atoms with Gasteiger partial charge >= 0.3 is 12.4 Å². The van der Waals surface area contributed by atoms with Crippen molar-refractivity contribution < 1.29 is 28.0 Å². The van der Waals surface area contributed by atoms with Crippen molar-refractivity contribution in [2.75, 3.05) is 0 Å². The van der Waals surface area contributed by atoms with Crippen molar-refractivity contribution in [3.05, 3.63) is 96.6 Å². The molecule has 4 rings (SSSR count). The van der Waals surface area contributed by atoms with Gasteiger partial charge in [0.25, 0.3) is 15.8 Å². The first-order valence-corrected chi connectivity index (χ1v) is 15.7. The van der Waals surface area contributed by atoms with Gasteiger partial charge in [-0.05, 0) is 67.4 Å². The zero-order chi connectivity index (χ0) is 33.0. The van der Waals surface area contributed by atoms with Gasteiger partial charge in [0.2, 0.25) is 6.04 Å². The highest BCUT2D eigenvalue weighted by Gasteiger charge is 2.58. The van der Waals surface area contributed by atoms with Gasteiger partial charge < -0.3 is 5.11 Å². The molecule has 1 aromatic carbocycles. The summed E-state index contributed by atoms with van der Waals surface area (Å²) in [5.41, 5.74) is -0.188. The molecule has 0 aliphatic rings. The van der Waals surface area contributed by atoms with E-state index < -0.39 is 37.7 Å². The lowest BCUT2D eigenvalue weighted by Crippen LogP contribution is -2.66. The lowest BCUT2D eigenvalue weighted by Gasteiger charge is -2.40. The predicted octanol–water partition coefficient (Wildman–Crippen LogP) is 4.66. The summed E-state index contributed by atoms with van der Waals surface area (Å²) < 4.78 is 29.5. The van der Waals surface area contributed by atoms with E-state index in [1.165, 1.54) is 22.6 Å². The van der Waals surface area contributed by atoms with Crippen molar-refractivity contribution >= 4 is 28.2 Å². The zero-order valence-corrected chi connectivity index (χ0v) is 27.0. The van der Waals surface area contributed by atoms with Crippen LogP contribution in [-0.2, 0) is 37.5 Å². The molecule has 2 unspecified atom stereocenters. The highest BCUT2D eigenvalue weighted by atomic mass is 32.2. The molecule has 13 heteroatoms. The summed E-state index contributed by atoms with van der Waals surface area (Å²) in [5.74, 6) is -1.32. The van der Waals surface area contributed by atoms with Crippen LogP contribution < -0.4 is 4.65 Å². The van der Waals surface area contributed by atoms with Crippen LogP contribution in [0.25, 0.3) is 5.69 Å². The second-order valence-electron chi connectivity index (χ2n) is 12.6. The minimum atomic E-state index is -4.13. The maximum absolute atomic E-state index is 13.9. The number of nitrogens with zero attached hydrogens (tertiary/aromatic N) is 6. The first-order valence-electron chi connectivity index (χ1n) is 14.3. The second-order valence-corrected chi connectivity index (χ2v) is 14.5. The number of carboxylic acids is 1. The average Bonchev–Trinajstić information content (AvgIpc) is 3.51. The van der Waals surface area contributed by atoms with Crippen LogP contribution in [0.2, 0.25) is 0 Å². The topological polar surface area (TPSA) is 145 Å². The summed E-state index contributed by atoms with van der Waals surface area (Å²) in [6.07, 6.45) is 6.71. The molecular weight excluding hydrogens is 596 g/mol. The van der Waals surface area contributed by atoms with Crippen LogP contribution >= 0.6 is 0 Å². The highest BCUT2D eigenvalue weighted by Crippen LogP contribution is 2.37. The summed E-state index contributed by atoms with van der Waals surface area (Å²) in [4.78, 5) is 40.4. The van der Waals surface area contributed by atoms with Gasteiger partial charge in [0.15, 0.2) is 5.03 Å². The minimum absolute atomic E-state index is 0.0256. The Morgan fingerprint density at radius 2 is 1.69 bits per heavy atom. The van der Waals surface area contributed by atoms with E-state index in [9.17, 15) is 23.1 Å². The largest absolute Gasteiger partial charge is 0.486 e. The molecule has 0 bridgehead atoms. The number of amides is 1. The number of hydroxylamine groups is 2. The number of quaternary nitrogens is 1. The third-order valence-electron chi connectivity index (χ3n) is 6.75. The quantitative estimate of drug-likeness (QED) is 0.174. The van der Waals surface area contributed by atoms with E-state index in [0.29, 0.717) is 5.56 Å². The smallest absolute Gasteiger partial charge is 0.477 e. The van der Waals surface area contributed by atoms with E-state index >= 15 is 0 Å². The fourth-order valence-corrected chi connectivity index (χ4v) is 6.34. The van der Waals surface area contributed by atoms with Gasteiger partial charge in [0.05, 0.1) is 17.9 Å². The molecule has 45 heavy (non-hydrogen) atoms. The molecule has 1 N–H and O–H groups in total. The van der Waals surface area contributed by atoms with E-state index in [0.717, 1.165) is 5.69 Å². The van der Waals surface area contributed by atoms with Gasteiger partial charge in [-0.1, -0.05) is 45.0 Å². The Bertz CT molecular complexity index is 1720. The molecule has 0 saturated heterocycles. The summed E-state index contributed by atoms with van der Waals surface area (Å²) in [6.45, 7) is 9.91. The first-order chi connectivity index (χ1) is 21.1. The predicted molar refractivity (Wildman–Crippen MR) is 168 cm³/mol. The second kappa shape index (κ2) is 13.0. The normalized spacial score (nSPS) is 14.6. The van der Waals surface area contributed by atoms with Crippen LogP contribution in [-0.4, -0.2) is 61.6 Å². The molecule has 1 radical (unpaired) electrons. The van der Waals surface area contributed by atoms with Gasteiger partial charge in [-0.15, -0.1) is 0 Å². The van der Waals surface area contributed by atoms with E-state index in [-0.39, 0.29) is 29.6 Å². The number of pyridine rings is 2. The Hall–Kier alpha value is -4.30. The first kappa shape index (κ1) is 33.6. The molecule has 0 aliphatic heterocycles. The van der Waals surface area contributed by atoms with E-state index in [2.05, 4.69) is 15.1 Å². The van der Waals surface area contributed by atoms with Gasteiger partial charge in [0.1, 0.15) is 5.60 Å². The molecule has 4 aromatic rings. The van der Waals surface area contributed by atoms with Crippen molar-refractivity contribution in [3.63, 3.8) is 0 Å². The van der Waals surface area contributed by atoms with Crippen molar-refractivity contribution in [2.45, 2.75) is 71.3 Å². The molecule has 3 heterocycles. The van der Waals surface area contributed by atoms with Crippen LogP contribution in [0.3, 0.4) is 0 Å². The van der Waals surface area contributed by atoms with Gasteiger partial charge in [-0.25, -0.2) is 27.7 Å². The molecule has 0 aliphatic carbocycles. The van der Waals surface area contributed by atoms with E-state index in [1.54, 1.807) is 88.9 Å². The molecule has 237 valence electrons. The number of benzene rings is 1. The molecule has 0 saturated carbocycles. The van der Waals surface area contributed by atoms with Crippen molar-refractivity contribution in [2.24, 2.45) is 5.41 Å². The Balaban J connectivity index is 1.79. The van der Waals surface area contributed by atoms with Crippen LogP contribution in [0.15, 0.2) is 90.3 Å². The van der Waals surface area contributed by atoms with Crippen LogP contribution in [0.5, 0.6) is 0 Å². The Morgan fingerprint density at radius 1 is 0.978 bits per heavy atom. The minimum Gasteiger partial charge on any atom is -0.477 e. The number of hydrogen-bond acceptors (Lipinski definition) is 8.